The molecule has 0 spiro atoms. The van der Waals surface area contributed by atoms with E-state index in [0.717, 1.165) is 53.9 Å². The Balaban J connectivity index is 1.77. The third-order valence-corrected chi connectivity index (χ3v) is 8.24. The Kier molecular flexibility index (Phi) is 4.73. The minimum Gasteiger partial charge on any atom is -0.384 e. The number of ketones is 1. The first-order chi connectivity index (χ1) is 14.7. The molecule has 3 aliphatic rings. The van der Waals surface area contributed by atoms with Gasteiger partial charge in [-0.2, -0.15) is 21.9 Å². The molecule has 3 heterocycles. The maximum absolute atomic E-state index is 13.1. The average molecular weight is 433 g/mol. The maximum atomic E-state index is 13.1. The van der Waals surface area contributed by atoms with Gasteiger partial charge in [-0.05, 0) is 66.5 Å². The summed E-state index contributed by atoms with van der Waals surface area (Å²) in [6, 6.07) is 6.66. The summed E-state index contributed by atoms with van der Waals surface area (Å²) in [6.45, 7) is 0. The molecule has 0 saturated heterocycles. The van der Waals surface area contributed by atoms with Crippen molar-refractivity contribution in [2.24, 2.45) is 5.73 Å². The van der Waals surface area contributed by atoms with Crippen molar-refractivity contribution in [1.82, 2.24) is 0 Å². The van der Waals surface area contributed by atoms with Crippen molar-refractivity contribution in [2.75, 3.05) is 4.90 Å². The fraction of sp³-hybridized carbons (Fsp3) is 0.348. The van der Waals surface area contributed by atoms with Gasteiger partial charge in [-0.1, -0.05) is 0 Å². The van der Waals surface area contributed by atoms with Crippen molar-refractivity contribution in [3.05, 3.63) is 61.1 Å². The van der Waals surface area contributed by atoms with Crippen LogP contribution >= 0.6 is 22.7 Å². The maximum Gasteiger partial charge on any atom is 0.161 e. The Labute approximate surface area is 183 Å². The largest absolute Gasteiger partial charge is 0.384 e. The lowest BCUT2D eigenvalue weighted by atomic mass is 9.76. The molecule has 150 valence electrons. The van der Waals surface area contributed by atoms with Crippen LogP contribution in [0.5, 0.6) is 0 Å². The van der Waals surface area contributed by atoms with Crippen molar-refractivity contribution in [3.8, 4) is 12.1 Å². The van der Waals surface area contributed by atoms with Crippen molar-refractivity contribution in [1.29, 1.82) is 10.5 Å². The van der Waals surface area contributed by atoms with E-state index in [0.29, 0.717) is 35.4 Å². The van der Waals surface area contributed by atoms with E-state index >= 15 is 0 Å². The average Bonchev–Trinajstić information content (AvgIpc) is 3.40. The van der Waals surface area contributed by atoms with E-state index in [-0.39, 0.29) is 5.78 Å². The summed E-state index contributed by atoms with van der Waals surface area (Å²) in [5, 5.41) is 24.8. The first kappa shape index (κ1) is 19.1. The quantitative estimate of drug-likeness (QED) is 0.731. The number of rotatable bonds is 2. The number of carbonyl (C=O) groups is 1. The number of nitrogens with zero attached hydrogens (tertiary/aromatic N) is 3. The van der Waals surface area contributed by atoms with Crippen molar-refractivity contribution in [2.45, 2.75) is 50.9 Å². The fourth-order valence-electron chi connectivity index (χ4n) is 4.92. The van der Waals surface area contributed by atoms with Crippen molar-refractivity contribution in [3.63, 3.8) is 0 Å². The van der Waals surface area contributed by atoms with Crippen LogP contribution in [0.25, 0.3) is 0 Å². The number of hydrogen-bond donors (Lipinski definition) is 1. The van der Waals surface area contributed by atoms with E-state index < -0.39 is 5.92 Å². The molecular formula is C23H20N4OS2. The van der Waals surface area contributed by atoms with Gasteiger partial charge in [0, 0.05) is 22.6 Å². The number of Topliss-reactive ketones (excluding diaryl/α,β-unsaturated/α-hetero) is 1. The second kappa shape index (κ2) is 7.43. The molecule has 2 aromatic rings. The van der Waals surface area contributed by atoms with Gasteiger partial charge in [0.05, 0.1) is 23.1 Å². The molecule has 30 heavy (non-hydrogen) atoms. The molecule has 2 N–H and O–H groups in total. The first-order valence-corrected chi connectivity index (χ1v) is 11.9. The van der Waals surface area contributed by atoms with Crippen LogP contribution in [0.4, 0.5) is 5.00 Å². The molecular weight excluding hydrogens is 412 g/mol. The van der Waals surface area contributed by atoms with E-state index in [1.165, 1.54) is 4.88 Å². The summed E-state index contributed by atoms with van der Waals surface area (Å²) in [7, 11) is 0. The Hall–Kier alpha value is -2.87. The lowest BCUT2D eigenvalue weighted by Gasteiger charge is -2.38. The Bertz CT molecular complexity index is 1190. The number of carbonyl (C=O) groups excluding carboxylic acids is 1. The van der Waals surface area contributed by atoms with E-state index in [1.54, 1.807) is 22.7 Å². The van der Waals surface area contributed by atoms with Gasteiger partial charge < -0.3 is 5.73 Å². The topological polar surface area (TPSA) is 93.9 Å². The fourth-order valence-corrected chi connectivity index (χ4v) is 6.98. The smallest absolute Gasteiger partial charge is 0.161 e. The van der Waals surface area contributed by atoms with Crippen LogP contribution in [0.2, 0.25) is 0 Å². The normalized spacial score (nSPS) is 21.2. The molecule has 0 unspecified atom stereocenters. The van der Waals surface area contributed by atoms with Crippen LogP contribution in [0.3, 0.4) is 0 Å². The highest BCUT2D eigenvalue weighted by Gasteiger charge is 2.42. The number of anilines is 1. The van der Waals surface area contributed by atoms with Crippen molar-refractivity contribution >= 4 is 33.5 Å². The number of allylic oxidation sites excluding steroid dienone is 3. The third kappa shape index (κ3) is 2.74. The lowest BCUT2D eigenvalue weighted by Crippen LogP contribution is -2.38. The van der Waals surface area contributed by atoms with E-state index in [9.17, 15) is 15.3 Å². The number of nitriles is 2. The SMILES string of the molecule is N#CC1=C(N)N(c2sc3c(c2C#N)CCCC3)C2=C(C(=O)CCC2)[C@H]1c1ccsc1. The number of nitrogens with two attached hydrogens (primary N) is 1. The molecule has 0 amide bonds. The van der Waals surface area contributed by atoms with Gasteiger partial charge in [-0.3, -0.25) is 9.69 Å². The molecule has 2 aliphatic carbocycles. The van der Waals surface area contributed by atoms with Gasteiger partial charge in [0.1, 0.15) is 16.9 Å². The van der Waals surface area contributed by atoms with Gasteiger partial charge in [0.25, 0.3) is 0 Å². The Morgan fingerprint density at radius 2 is 1.93 bits per heavy atom. The molecule has 1 aliphatic heterocycles. The summed E-state index contributed by atoms with van der Waals surface area (Å²) in [5.74, 6) is 0.0233. The molecule has 2 aromatic heterocycles. The van der Waals surface area contributed by atoms with Gasteiger partial charge in [-0.25, -0.2) is 0 Å². The highest BCUT2D eigenvalue weighted by Crippen LogP contribution is 2.50. The van der Waals surface area contributed by atoms with E-state index in [1.807, 2.05) is 21.7 Å². The Morgan fingerprint density at radius 3 is 2.67 bits per heavy atom. The zero-order chi connectivity index (χ0) is 20.8. The predicted molar refractivity (Wildman–Crippen MR) is 118 cm³/mol. The standard InChI is InChI=1S/C23H20N4OS2/c24-10-15-14-4-1-2-7-19(14)30-23(15)27-17-5-3-6-18(28)21(17)20(13-8-9-29-12-13)16(11-25)22(27)26/h8-9,12,20H,1-7,26H2/t20-/m0/s1. The minimum atomic E-state index is -0.416. The molecule has 5 rings (SSSR count). The van der Waals surface area contributed by atoms with Gasteiger partial charge in [0.15, 0.2) is 5.78 Å². The zero-order valence-electron chi connectivity index (χ0n) is 16.4. The lowest BCUT2D eigenvalue weighted by molar-refractivity contribution is -0.116. The summed E-state index contributed by atoms with van der Waals surface area (Å²) in [4.78, 5) is 16.2. The number of thiophene rings is 2. The summed E-state index contributed by atoms with van der Waals surface area (Å²) in [5.41, 5.74) is 11.3. The van der Waals surface area contributed by atoms with E-state index in [4.69, 9.17) is 5.73 Å². The highest BCUT2D eigenvalue weighted by atomic mass is 32.1. The molecule has 0 radical (unpaired) electrons. The van der Waals surface area contributed by atoms with E-state index in [2.05, 4.69) is 12.1 Å². The second-order valence-corrected chi connectivity index (χ2v) is 9.74. The van der Waals surface area contributed by atoms with Crippen LogP contribution in [0, 0.1) is 22.7 Å². The molecule has 0 aromatic carbocycles. The summed E-state index contributed by atoms with van der Waals surface area (Å²) >= 11 is 3.15. The number of hydrogen-bond acceptors (Lipinski definition) is 7. The molecule has 1 atom stereocenters. The molecule has 0 fully saturated rings. The highest BCUT2D eigenvalue weighted by molar-refractivity contribution is 7.16. The van der Waals surface area contributed by atoms with Gasteiger partial charge >= 0.3 is 0 Å². The summed E-state index contributed by atoms with van der Waals surface area (Å²) in [6.07, 6.45) is 6.04. The van der Waals surface area contributed by atoms with Gasteiger partial charge in [-0.15, -0.1) is 11.3 Å². The van der Waals surface area contributed by atoms with Crippen LogP contribution in [0.1, 0.15) is 59.6 Å². The van der Waals surface area contributed by atoms with Gasteiger partial charge in [0.2, 0.25) is 0 Å². The minimum absolute atomic E-state index is 0.0810. The Morgan fingerprint density at radius 1 is 1.10 bits per heavy atom. The first-order valence-electron chi connectivity index (χ1n) is 10.2. The number of fused-ring (bicyclic) bond motifs is 1. The monoisotopic (exact) mass is 432 g/mol. The predicted octanol–water partition coefficient (Wildman–Crippen LogP) is 4.86. The zero-order valence-corrected chi connectivity index (χ0v) is 18.0. The van der Waals surface area contributed by atoms with Crippen LogP contribution in [-0.4, -0.2) is 5.78 Å². The molecule has 0 saturated carbocycles. The third-order valence-electron chi connectivity index (χ3n) is 6.26. The summed E-state index contributed by atoms with van der Waals surface area (Å²) < 4.78 is 0. The van der Waals surface area contributed by atoms with Crippen LogP contribution < -0.4 is 10.6 Å². The molecule has 5 nitrogen and oxygen atoms in total. The van der Waals surface area contributed by atoms with Crippen LogP contribution in [-0.2, 0) is 17.6 Å². The second-order valence-electron chi connectivity index (χ2n) is 7.88. The van der Waals surface area contributed by atoms with Crippen molar-refractivity contribution < 1.29 is 4.79 Å². The van der Waals surface area contributed by atoms with Crippen LogP contribution in [0.15, 0.2) is 39.5 Å². The molecule has 7 heteroatoms. The number of aryl methyl sites for hydroxylation is 1. The molecule has 0 bridgehead atoms.